The molecule has 142 valence electrons. The molecule has 0 aliphatic carbocycles. The second-order valence-electron chi connectivity index (χ2n) is 6.77. The molecule has 2 aromatic heterocycles. The van der Waals surface area contributed by atoms with E-state index in [1.807, 2.05) is 48.5 Å². The first-order chi connectivity index (χ1) is 13.7. The Morgan fingerprint density at radius 1 is 1.14 bits per heavy atom. The molecular formula is C21H22N6O. The molecule has 0 fully saturated rings. The van der Waals surface area contributed by atoms with Crippen molar-refractivity contribution in [2.75, 3.05) is 5.32 Å². The van der Waals surface area contributed by atoms with Crippen LogP contribution in [0.4, 0.5) is 5.69 Å². The van der Waals surface area contributed by atoms with Crippen molar-refractivity contribution in [2.45, 2.75) is 32.4 Å². The van der Waals surface area contributed by atoms with E-state index in [1.165, 1.54) is 16.5 Å². The third-order valence-electron chi connectivity index (χ3n) is 4.76. The number of nitrogens with one attached hydrogen (secondary N) is 1. The van der Waals surface area contributed by atoms with E-state index in [9.17, 15) is 4.79 Å². The van der Waals surface area contributed by atoms with Gasteiger partial charge in [0.25, 0.3) is 0 Å². The average molecular weight is 374 g/mol. The van der Waals surface area contributed by atoms with Crippen LogP contribution >= 0.6 is 0 Å². The highest BCUT2D eigenvalue weighted by Crippen LogP contribution is 2.22. The van der Waals surface area contributed by atoms with Gasteiger partial charge in [0.05, 0.1) is 0 Å². The first kappa shape index (κ1) is 17.9. The average Bonchev–Trinajstić information content (AvgIpc) is 3.37. The van der Waals surface area contributed by atoms with Crippen LogP contribution in [0.3, 0.4) is 0 Å². The molecule has 7 heteroatoms. The van der Waals surface area contributed by atoms with Gasteiger partial charge < -0.3 is 9.88 Å². The van der Waals surface area contributed by atoms with Gasteiger partial charge in [-0.15, -0.1) is 5.10 Å². The van der Waals surface area contributed by atoms with Crippen LogP contribution in [0.5, 0.6) is 0 Å². The molecule has 0 radical (unpaired) electrons. The maximum atomic E-state index is 13.0. The summed E-state index contributed by atoms with van der Waals surface area (Å²) in [6.45, 7) is 3.14. The predicted octanol–water partition coefficient (Wildman–Crippen LogP) is 3.46. The van der Waals surface area contributed by atoms with Crippen LogP contribution in [0.25, 0.3) is 10.9 Å². The molecule has 0 aliphatic heterocycles. The number of aromatic nitrogens is 5. The van der Waals surface area contributed by atoms with Crippen LogP contribution in [-0.4, -0.2) is 30.7 Å². The highest BCUT2D eigenvalue weighted by molar-refractivity contribution is 5.96. The maximum Gasteiger partial charge on any atom is 0.249 e. The fourth-order valence-corrected chi connectivity index (χ4v) is 3.39. The number of rotatable bonds is 7. The molecule has 0 spiro atoms. The second-order valence-corrected chi connectivity index (χ2v) is 6.77. The lowest BCUT2D eigenvalue weighted by atomic mass is 10.1. The Bertz CT molecular complexity index is 1060. The molecule has 2 aromatic carbocycles. The van der Waals surface area contributed by atoms with Crippen molar-refractivity contribution in [3.63, 3.8) is 0 Å². The number of tetrazole rings is 1. The number of benzene rings is 2. The summed E-state index contributed by atoms with van der Waals surface area (Å²) in [5.74, 6) is -0.150. The monoisotopic (exact) mass is 374 g/mol. The number of carbonyl (C=O) groups is 1. The highest BCUT2D eigenvalue weighted by atomic mass is 16.2. The third-order valence-corrected chi connectivity index (χ3v) is 4.76. The molecule has 7 nitrogen and oxygen atoms in total. The summed E-state index contributed by atoms with van der Waals surface area (Å²) in [4.78, 5) is 13.0. The fraction of sp³-hybridized carbons (Fsp3) is 0.238. The van der Waals surface area contributed by atoms with Gasteiger partial charge in [0.1, 0.15) is 12.4 Å². The van der Waals surface area contributed by atoms with E-state index in [2.05, 4.69) is 44.6 Å². The van der Waals surface area contributed by atoms with Crippen LogP contribution in [-0.2, 0) is 17.8 Å². The van der Waals surface area contributed by atoms with Gasteiger partial charge >= 0.3 is 0 Å². The van der Waals surface area contributed by atoms with Gasteiger partial charge in [-0.1, -0.05) is 37.3 Å². The Hall–Kier alpha value is -3.48. The summed E-state index contributed by atoms with van der Waals surface area (Å²) in [6.07, 6.45) is 5.14. The fourth-order valence-electron chi connectivity index (χ4n) is 3.39. The molecule has 4 aromatic rings. The largest absolute Gasteiger partial charge is 0.347 e. The Morgan fingerprint density at radius 3 is 2.75 bits per heavy atom. The van der Waals surface area contributed by atoms with Crippen molar-refractivity contribution < 1.29 is 4.79 Å². The molecule has 4 rings (SSSR count). The minimum atomic E-state index is -0.530. The number of amides is 1. The zero-order valence-corrected chi connectivity index (χ0v) is 15.7. The van der Waals surface area contributed by atoms with Gasteiger partial charge in [0.2, 0.25) is 5.91 Å². The quantitative estimate of drug-likeness (QED) is 0.537. The van der Waals surface area contributed by atoms with Crippen LogP contribution in [0.15, 0.2) is 67.1 Å². The van der Waals surface area contributed by atoms with Crippen molar-refractivity contribution in [1.82, 2.24) is 24.8 Å². The van der Waals surface area contributed by atoms with Crippen molar-refractivity contribution in [3.8, 4) is 0 Å². The number of hydrogen-bond acceptors (Lipinski definition) is 4. The first-order valence-corrected chi connectivity index (χ1v) is 9.41. The van der Waals surface area contributed by atoms with E-state index in [4.69, 9.17) is 0 Å². The summed E-state index contributed by atoms with van der Waals surface area (Å²) in [5.41, 5.74) is 2.98. The number of anilines is 1. The summed E-state index contributed by atoms with van der Waals surface area (Å²) < 4.78 is 3.72. The maximum absolute atomic E-state index is 13.0. The normalized spacial score (nSPS) is 12.2. The van der Waals surface area contributed by atoms with Gasteiger partial charge in [-0.25, -0.2) is 4.68 Å². The van der Waals surface area contributed by atoms with Crippen LogP contribution in [0.2, 0.25) is 0 Å². The third kappa shape index (κ3) is 3.78. The van der Waals surface area contributed by atoms with Crippen molar-refractivity contribution in [2.24, 2.45) is 0 Å². The summed E-state index contributed by atoms with van der Waals surface area (Å²) in [5, 5.41) is 15.4. The Kier molecular flexibility index (Phi) is 5.14. The number of hydrogen-bond donors (Lipinski definition) is 1. The molecule has 1 amide bonds. The van der Waals surface area contributed by atoms with Crippen molar-refractivity contribution in [1.29, 1.82) is 0 Å². The van der Waals surface area contributed by atoms with Crippen molar-refractivity contribution >= 4 is 22.5 Å². The number of fused-ring (bicyclic) bond motifs is 1. The lowest BCUT2D eigenvalue weighted by Crippen LogP contribution is -2.28. The first-order valence-electron chi connectivity index (χ1n) is 9.41. The van der Waals surface area contributed by atoms with Crippen LogP contribution in [0.1, 0.15) is 24.9 Å². The van der Waals surface area contributed by atoms with E-state index >= 15 is 0 Å². The lowest BCUT2D eigenvalue weighted by Gasteiger charge is -2.16. The van der Waals surface area contributed by atoms with Gasteiger partial charge in [-0.2, -0.15) is 0 Å². The van der Waals surface area contributed by atoms with E-state index < -0.39 is 6.04 Å². The number of aryl methyl sites for hydroxylation is 1. The molecule has 28 heavy (non-hydrogen) atoms. The van der Waals surface area contributed by atoms with Crippen LogP contribution < -0.4 is 5.32 Å². The molecule has 0 aliphatic rings. The van der Waals surface area contributed by atoms with Gasteiger partial charge in [0.15, 0.2) is 0 Å². The smallest absolute Gasteiger partial charge is 0.249 e. The highest BCUT2D eigenvalue weighted by Gasteiger charge is 2.22. The van der Waals surface area contributed by atoms with Crippen molar-refractivity contribution in [3.05, 3.63) is 72.7 Å². The summed E-state index contributed by atoms with van der Waals surface area (Å²) in [6, 6.07) is 17.4. The molecule has 2 heterocycles. The molecule has 0 saturated heterocycles. The van der Waals surface area contributed by atoms with Gasteiger partial charge in [0, 0.05) is 35.8 Å². The molecular weight excluding hydrogens is 352 g/mol. The minimum absolute atomic E-state index is 0.150. The minimum Gasteiger partial charge on any atom is -0.347 e. The summed E-state index contributed by atoms with van der Waals surface area (Å²) in [7, 11) is 0. The zero-order valence-electron chi connectivity index (χ0n) is 15.7. The van der Waals surface area contributed by atoms with Crippen LogP contribution in [0, 0.1) is 0 Å². The van der Waals surface area contributed by atoms with E-state index in [-0.39, 0.29) is 5.91 Å². The summed E-state index contributed by atoms with van der Waals surface area (Å²) >= 11 is 0. The van der Waals surface area contributed by atoms with Gasteiger partial charge in [-0.3, -0.25) is 4.79 Å². The molecule has 1 unspecified atom stereocenters. The van der Waals surface area contributed by atoms with E-state index in [0.717, 1.165) is 29.6 Å². The predicted molar refractivity (Wildman–Crippen MR) is 108 cm³/mol. The van der Waals surface area contributed by atoms with E-state index in [0.29, 0.717) is 6.42 Å². The topological polar surface area (TPSA) is 77.6 Å². The molecule has 1 atom stereocenters. The molecule has 0 bridgehead atoms. The van der Waals surface area contributed by atoms with E-state index in [1.54, 1.807) is 0 Å². The zero-order chi connectivity index (χ0) is 19.3. The van der Waals surface area contributed by atoms with Gasteiger partial charge in [-0.05, 0) is 46.7 Å². The standard InChI is InChI=1S/C21H22N6O/c1-2-11-26-12-10-17-14-18(8-9-19(17)26)23-21(28)20(27-15-22-24-25-27)13-16-6-4-3-5-7-16/h3-10,12,14-15,20H,2,11,13H2,1H3,(H,23,28). The molecule has 1 N–H and O–H groups in total. The Balaban J connectivity index is 1.56. The lowest BCUT2D eigenvalue weighted by molar-refractivity contribution is -0.119. The Morgan fingerprint density at radius 2 is 2.00 bits per heavy atom. The number of nitrogens with zero attached hydrogens (tertiary/aromatic N) is 5. The Labute approximate surface area is 163 Å². The molecule has 0 saturated carbocycles. The SMILES string of the molecule is CCCn1ccc2cc(NC(=O)C(Cc3ccccc3)n3cnnn3)ccc21. The second kappa shape index (κ2) is 8.04. The number of carbonyl (C=O) groups excluding carboxylic acids is 1.